The van der Waals surface area contributed by atoms with Crippen LogP contribution in [0.1, 0.15) is 36.1 Å². The molecular weight excluding hydrogens is 376 g/mol. The van der Waals surface area contributed by atoms with Gasteiger partial charge in [0.15, 0.2) is 0 Å². The van der Waals surface area contributed by atoms with Gasteiger partial charge in [-0.05, 0) is 38.3 Å². The van der Waals surface area contributed by atoms with Crippen molar-refractivity contribution in [3.63, 3.8) is 0 Å². The van der Waals surface area contributed by atoms with E-state index in [4.69, 9.17) is 4.74 Å². The van der Waals surface area contributed by atoms with Crippen LogP contribution in [-0.2, 0) is 9.53 Å². The average molecular weight is 403 g/mol. The fraction of sp³-hybridized carbons (Fsp3) is 0.579. The van der Waals surface area contributed by atoms with Gasteiger partial charge in [0.1, 0.15) is 16.9 Å². The van der Waals surface area contributed by atoms with Crippen molar-refractivity contribution < 1.29 is 9.53 Å². The van der Waals surface area contributed by atoms with E-state index in [0.29, 0.717) is 19.7 Å². The maximum atomic E-state index is 12.6. The third-order valence-corrected chi connectivity index (χ3v) is 5.83. The topological polar surface area (TPSA) is 83.5 Å². The van der Waals surface area contributed by atoms with Gasteiger partial charge >= 0.3 is 0 Å². The molecule has 0 saturated carbocycles. The number of likely N-dealkylation sites (tertiary alicyclic amines) is 1. The summed E-state index contributed by atoms with van der Waals surface area (Å²) in [5.41, 5.74) is 0.862. The Hall–Kier alpha value is -2.10. The van der Waals surface area contributed by atoms with Crippen molar-refractivity contribution in [2.75, 3.05) is 44.6 Å². The molecular formula is C19H26N6O2S. The molecule has 2 aromatic rings. The summed E-state index contributed by atoms with van der Waals surface area (Å²) in [6.45, 7) is 6.23. The standard InChI is InChI=1S/C19H26N6O2S/c1-14-22-23-19(28-14)21-17-7-5-6-15(20-17)16-12-24(10-11-27-16)13-18(26)25-8-3-2-4-9-25/h5-7,16H,2-4,8-13H2,1H3,(H,20,21,23). The van der Waals surface area contributed by atoms with Gasteiger partial charge in [-0.3, -0.25) is 9.69 Å². The summed E-state index contributed by atoms with van der Waals surface area (Å²) in [5, 5.41) is 12.9. The highest BCUT2D eigenvalue weighted by Gasteiger charge is 2.26. The highest BCUT2D eigenvalue weighted by atomic mass is 32.1. The Bertz CT molecular complexity index is 807. The summed E-state index contributed by atoms with van der Waals surface area (Å²) in [5.74, 6) is 0.953. The van der Waals surface area contributed by atoms with Crippen LogP contribution in [0.2, 0.25) is 0 Å². The van der Waals surface area contributed by atoms with E-state index in [-0.39, 0.29) is 12.0 Å². The molecule has 8 nitrogen and oxygen atoms in total. The Balaban J connectivity index is 1.37. The first kappa shape index (κ1) is 19.2. The van der Waals surface area contributed by atoms with Gasteiger partial charge in [0, 0.05) is 26.2 Å². The molecule has 2 fully saturated rings. The molecule has 2 aliphatic heterocycles. The van der Waals surface area contributed by atoms with E-state index in [2.05, 4.69) is 25.4 Å². The molecule has 2 aliphatic rings. The summed E-state index contributed by atoms with van der Waals surface area (Å²) in [6.07, 6.45) is 3.33. The monoisotopic (exact) mass is 402 g/mol. The van der Waals surface area contributed by atoms with Crippen molar-refractivity contribution in [2.24, 2.45) is 0 Å². The molecule has 28 heavy (non-hydrogen) atoms. The quantitative estimate of drug-likeness (QED) is 0.822. The van der Waals surface area contributed by atoms with E-state index in [9.17, 15) is 4.79 Å². The van der Waals surface area contributed by atoms with Crippen LogP contribution >= 0.6 is 11.3 Å². The van der Waals surface area contributed by atoms with Crippen LogP contribution < -0.4 is 5.32 Å². The van der Waals surface area contributed by atoms with Gasteiger partial charge in [-0.2, -0.15) is 0 Å². The van der Waals surface area contributed by atoms with Crippen molar-refractivity contribution in [2.45, 2.75) is 32.3 Å². The fourth-order valence-corrected chi connectivity index (χ4v) is 4.22. The number of rotatable bonds is 5. The predicted octanol–water partition coefficient (Wildman–Crippen LogP) is 2.37. The summed E-state index contributed by atoms with van der Waals surface area (Å²) in [6, 6.07) is 5.83. The molecule has 1 N–H and O–H groups in total. The number of amides is 1. The van der Waals surface area contributed by atoms with Crippen LogP contribution in [0.4, 0.5) is 10.9 Å². The number of aromatic nitrogens is 3. The smallest absolute Gasteiger partial charge is 0.236 e. The maximum Gasteiger partial charge on any atom is 0.236 e. The van der Waals surface area contributed by atoms with Crippen LogP contribution in [0.25, 0.3) is 0 Å². The molecule has 1 atom stereocenters. The minimum Gasteiger partial charge on any atom is -0.369 e. The van der Waals surface area contributed by atoms with E-state index < -0.39 is 0 Å². The van der Waals surface area contributed by atoms with Gasteiger partial charge < -0.3 is 15.0 Å². The molecule has 0 spiro atoms. The van der Waals surface area contributed by atoms with Crippen molar-refractivity contribution in [1.29, 1.82) is 0 Å². The van der Waals surface area contributed by atoms with Gasteiger partial charge in [-0.1, -0.05) is 17.4 Å². The zero-order valence-electron chi connectivity index (χ0n) is 16.1. The van der Waals surface area contributed by atoms with E-state index in [0.717, 1.165) is 54.1 Å². The number of ether oxygens (including phenoxy) is 1. The number of morpholine rings is 1. The molecule has 1 amide bonds. The highest BCUT2D eigenvalue weighted by molar-refractivity contribution is 7.15. The zero-order chi connectivity index (χ0) is 19.3. The van der Waals surface area contributed by atoms with Gasteiger partial charge in [0.25, 0.3) is 0 Å². The van der Waals surface area contributed by atoms with Crippen LogP contribution in [-0.4, -0.2) is 70.2 Å². The summed E-state index contributed by atoms with van der Waals surface area (Å²) in [7, 11) is 0. The maximum absolute atomic E-state index is 12.6. The lowest BCUT2D eigenvalue weighted by molar-refractivity contribution is -0.135. The number of nitrogens with zero attached hydrogens (tertiary/aromatic N) is 5. The Kier molecular flexibility index (Phi) is 6.13. The number of aryl methyl sites for hydroxylation is 1. The van der Waals surface area contributed by atoms with Crippen LogP contribution in [0, 0.1) is 6.92 Å². The average Bonchev–Trinajstić information content (AvgIpc) is 3.13. The molecule has 0 bridgehead atoms. The van der Waals surface area contributed by atoms with Crippen LogP contribution in [0.15, 0.2) is 18.2 Å². The van der Waals surface area contributed by atoms with Crippen molar-refractivity contribution in [3.05, 3.63) is 28.9 Å². The zero-order valence-corrected chi connectivity index (χ0v) is 17.0. The first-order chi connectivity index (χ1) is 13.7. The molecule has 2 saturated heterocycles. The minimum absolute atomic E-state index is 0.138. The lowest BCUT2D eigenvalue weighted by atomic mass is 10.1. The number of piperidine rings is 1. The van der Waals surface area contributed by atoms with Crippen LogP contribution in [0.3, 0.4) is 0 Å². The minimum atomic E-state index is -0.138. The lowest BCUT2D eigenvalue weighted by Gasteiger charge is -2.34. The molecule has 4 rings (SSSR count). The van der Waals surface area contributed by atoms with Gasteiger partial charge in [-0.25, -0.2) is 4.98 Å². The molecule has 9 heteroatoms. The second-order valence-electron chi connectivity index (χ2n) is 7.23. The first-order valence-electron chi connectivity index (χ1n) is 9.83. The molecule has 2 aromatic heterocycles. The van der Waals surface area contributed by atoms with E-state index in [1.807, 2.05) is 30.0 Å². The van der Waals surface area contributed by atoms with Crippen molar-refractivity contribution in [1.82, 2.24) is 25.0 Å². The van der Waals surface area contributed by atoms with Crippen molar-refractivity contribution >= 4 is 28.2 Å². The van der Waals surface area contributed by atoms with Crippen LogP contribution in [0.5, 0.6) is 0 Å². The third kappa shape index (κ3) is 4.84. The molecule has 1 unspecified atom stereocenters. The summed E-state index contributed by atoms with van der Waals surface area (Å²) in [4.78, 5) is 21.4. The number of nitrogens with one attached hydrogen (secondary N) is 1. The van der Waals surface area contributed by atoms with E-state index in [1.54, 1.807) is 0 Å². The number of hydrogen-bond acceptors (Lipinski definition) is 8. The summed E-state index contributed by atoms with van der Waals surface area (Å²) < 4.78 is 5.95. The highest BCUT2D eigenvalue weighted by Crippen LogP contribution is 2.24. The first-order valence-corrected chi connectivity index (χ1v) is 10.6. The molecule has 0 radical (unpaired) electrons. The van der Waals surface area contributed by atoms with Crippen molar-refractivity contribution in [3.8, 4) is 0 Å². The second kappa shape index (κ2) is 8.93. The number of anilines is 2. The Morgan fingerprint density at radius 1 is 1.25 bits per heavy atom. The Morgan fingerprint density at radius 3 is 2.89 bits per heavy atom. The largest absolute Gasteiger partial charge is 0.369 e. The lowest BCUT2D eigenvalue weighted by Crippen LogP contribution is -2.46. The Morgan fingerprint density at radius 2 is 2.11 bits per heavy atom. The normalized spacial score (nSPS) is 20.9. The molecule has 0 aromatic carbocycles. The number of hydrogen-bond donors (Lipinski definition) is 1. The predicted molar refractivity (Wildman–Crippen MR) is 108 cm³/mol. The molecule has 0 aliphatic carbocycles. The van der Waals surface area contributed by atoms with Gasteiger partial charge in [0.05, 0.1) is 18.8 Å². The SMILES string of the molecule is Cc1nnc(Nc2cccc(C3CN(CC(=O)N4CCCCC4)CCO3)n2)s1. The van der Waals surface area contributed by atoms with E-state index >= 15 is 0 Å². The summed E-state index contributed by atoms with van der Waals surface area (Å²) >= 11 is 1.49. The Labute approximate surface area is 168 Å². The number of carbonyl (C=O) groups is 1. The number of carbonyl (C=O) groups excluding carboxylic acids is 1. The van der Waals surface area contributed by atoms with E-state index in [1.165, 1.54) is 17.8 Å². The molecule has 4 heterocycles. The number of pyridine rings is 1. The molecule has 150 valence electrons. The third-order valence-electron chi connectivity index (χ3n) is 5.08. The van der Waals surface area contributed by atoms with Gasteiger partial charge in [0.2, 0.25) is 11.0 Å². The fourth-order valence-electron chi connectivity index (χ4n) is 3.62. The van der Waals surface area contributed by atoms with Gasteiger partial charge in [-0.15, -0.1) is 10.2 Å². The second-order valence-corrected chi connectivity index (χ2v) is 8.42.